The Morgan fingerprint density at radius 1 is 1.00 bits per heavy atom. The predicted octanol–water partition coefficient (Wildman–Crippen LogP) is 4.46. The van der Waals surface area contributed by atoms with Crippen LogP contribution >= 0.6 is 9.24 Å². The lowest BCUT2D eigenvalue weighted by molar-refractivity contribution is -0.152. The first-order valence-corrected chi connectivity index (χ1v) is 8.52. The minimum absolute atomic E-state index is 0.139. The number of carbonyl (C=O) groups is 3. The predicted molar refractivity (Wildman–Crippen MR) is 97.1 cm³/mol. The second-order valence-corrected chi connectivity index (χ2v) is 3.02. The molecule has 1 heterocycles. The normalized spacial score (nSPS) is 10.6. The Morgan fingerprint density at radius 2 is 1.23 bits per heavy atom. The molecule has 0 spiro atoms. The van der Waals surface area contributed by atoms with Crippen LogP contribution in [0.2, 0.25) is 0 Å². The molecule has 1 aliphatic rings. The number of hydrogen-bond donors (Lipinski definition) is 1. The van der Waals surface area contributed by atoms with Crippen LogP contribution in [0.15, 0.2) is 12.2 Å². The summed E-state index contributed by atoms with van der Waals surface area (Å²) < 4.78 is 4.08. The van der Waals surface area contributed by atoms with Crippen molar-refractivity contribution < 1.29 is 24.2 Å². The second-order valence-electron chi connectivity index (χ2n) is 2.61. The van der Waals surface area contributed by atoms with Gasteiger partial charge in [-0.3, -0.25) is 14.4 Å². The van der Waals surface area contributed by atoms with Crippen LogP contribution in [0.1, 0.15) is 68.2 Å². The molecule has 1 unspecified atom stereocenters. The number of rotatable bonds is 1. The maximum absolute atomic E-state index is 10.0. The fourth-order valence-electron chi connectivity index (χ4n) is 0.433. The summed E-state index contributed by atoms with van der Waals surface area (Å²) in [6.07, 6.45) is 4.66. The van der Waals surface area contributed by atoms with Crippen molar-refractivity contribution in [3.8, 4) is 0 Å². The molecule has 0 aromatic carbocycles. The molecule has 5 nitrogen and oxygen atoms in total. The largest absolute Gasteiger partial charge is 0.481 e. The van der Waals surface area contributed by atoms with E-state index in [-0.39, 0.29) is 19.0 Å². The van der Waals surface area contributed by atoms with Crippen molar-refractivity contribution >= 4 is 27.1 Å². The van der Waals surface area contributed by atoms with Crippen LogP contribution < -0.4 is 0 Å². The van der Waals surface area contributed by atoms with Crippen molar-refractivity contribution in [3.63, 3.8) is 0 Å². The zero-order valence-corrected chi connectivity index (χ0v) is 16.6. The summed E-state index contributed by atoms with van der Waals surface area (Å²) in [4.78, 5) is 29.4. The summed E-state index contributed by atoms with van der Waals surface area (Å²) in [5.74, 6) is -1.58. The van der Waals surface area contributed by atoms with E-state index in [1.807, 2.05) is 67.5 Å². The molecule has 1 saturated heterocycles. The zero-order chi connectivity index (χ0) is 19.0. The van der Waals surface area contributed by atoms with E-state index in [1.54, 1.807) is 0 Å². The van der Waals surface area contributed by atoms with Crippen molar-refractivity contribution in [2.75, 3.05) is 6.16 Å². The third-order valence-corrected chi connectivity index (χ3v) is 1.62. The molecule has 0 radical (unpaired) electrons. The SMILES string of the molecule is CC.CC.CC.CC=CC.O=C(O)CP.O=C1CCC(=O)O1. The van der Waals surface area contributed by atoms with Gasteiger partial charge in [0.2, 0.25) is 0 Å². The Labute approximate surface area is 138 Å². The first-order chi connectivity index (χ1) is 10.5. The first kappa shape index (κ1) is 32.7. The highest BCUT2D eigenvalue weighted by atomic mass is 31.0. The minimum Gasteiger partial charge on any atom is -0.481 e. The van der Waals surface area contributed by atoms with Gasteiger partial charge in [0.05, 0.1) is 19.0 Å². The molecule has 0 saturated carbocycles. The van der Waals surface area contributed by atoms with Crippen molar-refractivity contribution in [2.24, 2.45) is 0 Å². The molecule has 0 bridgehead atoms. The maximum Gasteiger partial charge on any atom is 0.314 e. The molecule has 1 fully saturated rings. The van der Waals surface area contributed by atoms with Gasteiger partial charge in [-0.25, -0.2) is 0 Å². The Hall–Kier alpha value is -1.22. The minimum atomic E-state index is -0.782. The van der Waals surface area contributed by atoms with Gasteiger partial charge in [0.15, 0.2) is 0 Å². The lowest BCUT2D eigenvalue weighted by Gasteiger charge is -1.79. The average Bonchev–Trinajstić information content (AvgIpc) is 2.97. The van der Waals surface area contributed by atoms with Gasteiger partial charge in [0, 0.05) is 0 Å². The number of allylic oxidation sites excluding steroid dienone is 2. The number of ether oxygens (including phenoxy) is 1. The van der Waals surface area contributed by atoms with Gasteiger partial charge >= 0.3 is 17.9 Å². The van der Waals surface area contributed by atoms with Crippen LogP contribution in [0.5, 0.6) is 0 Å². The standard InChI is InChI=1S/C4H4O3.C4H8.C2H5O2P.3C2H6/c5-3-1-2-4(6)7-3;1-3-4-2;3-2(4)1-5;3*1-2/h1-2H2;3-4H,1-2H3;1,5H2,(H,3,4);3*1-2H3. The molecule has 0 amide bonds. The van der Waals surface area contributed by atoms with E-state index in [0.717, 1.165) is 0 Å². The fourth-order valence-corrected chi connectivity index (χ4v) is 0.433. The third kappa shape index (κ3) is 51.1. The van der Waals surface area contributed by atoms with Crippen LogP contribution in [0.25, 0.3) is 0 Å². The molecule has 1 aliphatic heterocycles. The molecular weight excluding hydrogens is 303 g/mol. The van der Waals surface area contributed by atoms with Crippen molar-refractivity contribution in [3.05, 3.63) is 12.2 Å². The Morgan fingerprint density at radius 3 is 1.27 bits per heavy atom. The summed E-state index contributed by atoms with van der Waals surface area (Å²) in [6, 6.07) is 0. The van der Waals surface area contributed by atoms with E-state index in [9.17, 15) is 14.4 Å². The van der Waals surface area contributed by atoms with Gasteiger partial charge in [-0.2, -0.15) is 0 Å². The lowest BCUT2D eigenvalue weighted by atomic mass is 10.4. The van der Waals surface area contributed by atoms with Crippen molar-refractivity contribution in [1.82, 2.24) is 0 Å². The maximum atomic E-state index is 10.0. The van der Waals surface area contributed by atoms with Gasteiger partial charge in [-0.15, -0.1) is 9.24 Å². The van der Waals surface area contributed by atoms with E-state index < -0.39 is 17.9 Å². The smallest absolute Gasteiger partial charge is 0.314 e. The quantitative estimate of drug-likeness (QED) is 0.330. The Balaban J connectivity index is -0.0000000577. The highest BCUT2D eigenvalue weighted by Crippen LogP contribution is 2.03. The van der Waals surface area contributed by atoms with Crippen molar-refractivity contribution in [2.45, 2.75) is 68.2 Å². The highest BCUT2D eigenvalue weighted by Gasteiger charge is 2.19. The third-order valence-electron chi connectivity index (χ3n) is 1.27. The molecule has 0 aliphatic carbocycles. The van der Waals surface area contributed by atoms with Crippen molar-refractivity contribution in [1.29, 1.82) is 0 Å². The number of hydrogen-bond acceptors (Lipinski definition) is 4. The van der Waals surface area contributed by atoms with Crippen LogP contribution in [0, 0.1) is 0 Å². The van der Waals surface area contributed by atoms with E-state index in [0.29, 0.717) is 0 Å². The molecule has 6 heteroatoms. The molecule has 0 aromatic rings. The fraction of sp³-hybridized carbons (Fsp3) is 0.688. The van der Waals surface area contributed by atoms with Crippen LogP contribution in [0.4, 0.5) is 0 Å². The molecule has 22 heavy (non-hydrogen) atoms. The number of esters is 2. The summed E-state index contributed by atoms with van der Waals surface area (Å²) >= 11 is 0. The molecule has 1 atom stereocenters. The summed E-state index contributed by atoms with van der Waals surface area (Å²) in [5, 5.41) is 7.70. The topological polar surface area (TPSA) is 80.7 Å². The van der Waals surface area contributed by atoms with E-state index in [4.69, 9.17) is 5.11 Å². The van der Waals surface area contributed by atoms with Gasteiger partial charge in [-0.1, -0.05) is 53.7 Å². The molecule has 0 aromatic heterocycles. The summed E-state index contributed by atoms with van der Waals surface area (Å²) in [7, 11) is 2.09. The van der Waals surface area contributed by atoms with Crippen LogP contribution in [0.3, 0.4) is 0 Å². The number of carboxylic acids is 1. The Kier molecular flexibility index (Phi) is 54.5. The van der Waals surface area contributed by atoms with E-state index in [2.05, 4.69) is 14.0 Å². The van der Waals surface area contributed by atoms with Crippen LogP contribution in [-0.4, -0.2) is 29.2 Å². The Bertz CT molecular complexity index is 245. The average molecular weight is 338 g/mol. The van der Waals surface area contributed by atoms with Gasteiger partial charge in [0.25, 0.3) is 0 Å². The molecule has 134 valence electrons. The molecular formula is C16H35O5P. The van der Waals surface area contributed by atoms with Gasteiger partial charge in [0.1, 0.15) is 0 Å². The van der Waals surface area contributed by atoms with Gasteiger partial charge in [-0.05, 0) is 13.8 Å². The number of carbonyl (C=O) groups excluding carboxylic acids is 2. The van der Waals surface area contributed by atoms with Crippen LogP contribution in [-0.2, 0) is 19.1 Å². The second kappa shape index (κ2) is 36.7. The number of carboxylic acid groups (broad SMARTS) is 1. The highest BCUT2D eigenvalue weighted by molar-refractivity contribution is 7.18. The summed E-state index contributed by atoms with van der Waals surface area (Å²) in [5.41, 5.74) is 0. The molecule has 1 rings (SSSR count). The van der Waals surface area contributed by atoms with E-state index in [1.165, 1.54) is 0 Å². The van der Waals surface area contributed by atoms with E-state index >= 15 is 0 Å². The zero-order valence-electron chi connectivity index (χ0n) is 15.4. The number of aliphatic carboxylic acids is 1. The molecule has 1 N–H and O–H groups in total. The lowest BCUT2D eigenvalue weighted by Crippen LogP contribution is -1.94. The monoisotopic (exact) mass is 338 g/mol. The summed E-state index contributed by atoms with van der Waals surface area (Å²) in [6.45, 7) is 16.0. The van der Waals surface area contributed by atoms with Gasteiger partial charge < -0.3 is 9.84 Å². The number of cyclic esters (lactones) is 2. The first-order valence-electron chi connectivity index (χ1n) is 7.70.